The van der Waals surface area contributed by atoms with Crippen molar-refractivity contribution < 1.29 is 17.9 Å². The number of ether oxygens (including phenoxy) is 1. The molecule has 8 heteroatoms. The minimum atomic E-state index is -4.76. The van der Waals surface area contributed by atoms with Crippen LogP contribution in [0.1, 0.15) is 11.3 Å². The molecule has 2 aromatic rings. The molecule has 0 bridgehead atoms. The van der Waals surface area contributed by atoms with Crippen molar-refractivity contribution in [3.05, 3.63) is 62.4 Å². The third kappa shape index (κ3) is 3.05. The lowest BCUT2D eigenvalue weighted by Gasteiger charge is -2.14. The quantitative estimate of drug-likeness (QED) is 0.865. The molecule has 1 aromatic carbocycles. The molecule has 1 heterocycles. The third-order valence-corrected chi connectivity index (χ3v) is 3.20. The molecule has 2 rings (SSSR count). The molecule has 0 saturated carbocycles. The Balaban J connectivity index is 2.46. The molecule has 0 radical (unpaired) electrons. The van der Waals surface area contributed by atoms with Gasteiger partial charge in [-0.25, -0.2) is 4.79 Å². The normalized spacial score (nSPS) is 11.5. The number of rotatable bonds is 3. The van der Waals surface area contributed by atoms with E-state index in [9.17, 15) is 22.8 Å². The molecule has 0 atom stereocenters. The van der Waals surface area contributed by atoms with Crippen LogP contribution >= 0.6 is 0 Å². The summed E-state index contributed by atoms with van der Waals surface area (Å²) >= 11 is 0. The average molecular weight is 314 g/mol. The van der Waals surface area contributed by atoms with Crippen LogP contribution in [-0.2, 0) is 19.8 Å². The highest BCUT2D eigenvalue weighted by Gasteiger charge is 2.34. The molecule has 0 aliphatic carbocycles. The van der Waals surface area contributed by atoms with Crippen LogP contribution < -0.4 is 16.0 Å². The van der Waals surface area contributed by atoms with E-state index in [0.717, 1.165) is 11.6 Å². The molecule has 0 unspecified atom stereocenters. The van der Waals surface area contributed by atoms with E-state index in [1.807, 2.05) is 0 Å². The monoisotopic (exact) mass is 314 g/mol. The summed E-state index contributed by atoms with van der Waals surface area (Å²) in [5.41, 5.74) is -2.69. The lowest BCUT2D eigenvalue weighted by Crippen LogP contribution is -2.41. The first-order valence-electron chi connectivity index (χ1n) is 6.25. The van der Waals surface area contributed by atoms with Crippen molar-refractivity contribution >= 4 is 0 Å². The van der Waals surface area contributed by atoms with E-state index in [-0.39, 0.29) is 6.54 Å². The highest BCUT2D eigenvalue weighted by Crippen LogP contribution is 2.26. The summed E-state index contributed by atoms with van der Waals surface area (Å²) in [5, 5.41) is 0. The smallest absolute Gasteiger partial charge is 0.431 e. The molecule has 0 amide bonds. The predicted molar refractivity (Wildman–Crippen MR) is 73.0 cm³/mol. The molecule has 0 aliphatic heterocycles. The molecular weight excluding hydrogens is 301 g/mol. The maximum atomic E-state index is 12.7. The van der Waals surface area contributed by atoms with Gasteiger partial charge in [-0.3, -0.25) is 13.9 Å². The van der Waals surface area contributed by atoms with E-state index in [2.05, 4.69) is 0 Å². The molecule has 1 aromatic heterocycles. The van der Waals surface area contributed by atoms with E-state index in [1.54, 1.807) is 24.3 Å². The summed E-state index contributed by atoms with van der Waals surface area (Å²) in [7, 11) is 2.47. The molecule has 0 aliphatic rings. The fourth-order valence-corrected chi connectivity index (χ4v) is 2.00. The Morgan fingerprint density at radius 2 is 1.73 bits per heavy atom. The standard InChI is InChI=1S/C14H13F3N2O3/c1-18-11(14(15,16)17)7-12(20)19(13(18)21)8-9-3-5-10(22-2)6-4-9/h3-7H,8H2,1-2H3. The Morgan fingerprint density at radius 1 is 1.14 bits per heavy atom. The van der Waals surface area contributed by atoms with E-state index in [0.29, 0.717) is 21.9 Å². The highest BCUT2D eigenvalue weighted by molar-refractivity contribution is 5.27. The van der Waals surface area contributed by atoms with Gasteiger partial charge in [0.05, 0.1) is 13.7 Å². The van der Waals surface area contributed by atoms with Gasteiger partial charge in [0, 0.05) is 13.1 Å². The van der Waals surface area contributed by atoms with Crippen LogP contribution in [0.15, 0.2) is 39.9 Å². The third-order valence-electron chi connectivity index (χ3n) is 3.20. The van der Waals surface area contributed by atoms with Gasteiger partial charge in [0.1, 0.15) is 11.4 Å². The molecule has 118 valence electrons. The number of alkyl halides is 3. The topological polar surface area (TPSA) is 53.2 Å². The average Bonchev–Trinajstić information content (AvgIpc) is 2.47. The van der Waals surface area contributed by atoms with E-state index in [1.165, 1.54) is 7.11 Å². The van der Waals surface area contributed by atoms with Gasteiger partial charge < -0.3 is 4.74 Å². The predicted octanol–water partition coefficient (Wildman–Crippen LogP) is 1.62. The second-order valence-electron chi connectivity index (χ2n) is 4.64. The van der Waals surface area contributed by atoms with Crippen LogP contribution in [-0.4, -0.2) is 16.2 Å². The Bertz CT molecular complexity index is 789. The van der Waals surface area contributed by atoms with Crippen molar-refractivity contribution in [2.24, 2.45) is 7.05 Å². The maximum absolute atomic E-state index is 12.7. The van der Waals surface area contributed by atoms with E-state index < -0.39 is 23.1 Å². The zero-order valence-corrected chi connectivity index (χ0v) is 11.8. The van der Waals surface area contributed by atoms with Crippen LogP contribution in [0.5, 0.6) is 5.75 Å². The summed E-state index contributed by atoms with van der Waals surface area (Å²) in [6.45, 7) is -0.117. The number of halogens is 3. The summed E-state index contributed by atoms with van der Waals surface area (Å²) < 4.78 is 44.3. The second-order valence-corrected chi connectivity index (χ2v) is 4.64. The largest absolute Gasteiger partial charge is 0.497 e. The summed E-state index contributed by atoms with van der Waals surface area (Å²) in [6.07, 6.45) is -4.76. The van der Waals surface area contributed by atoms with Gasteiger partial charge in [-0.05, 0) is 17.7 Å². The van der Waals surface area contributed by atoms with E-state index >= 15 is 0 Å². The SMILES string of the molecule is COc1ccc(Cn2c(=O)cc(C(F)(F)F)n(C)c2=O)cc1. The van der Waals surface area contributed by atoms with Crippen LogP contribution in [0, 0.1) is 0 Å². The fourth-order valence-electron chi connectivity index (χ4n) is 2.00. The lowest BCUT2D eigenvalue weighted by atomic mass is 10.2. The zero-order valence-electron chi connectivity index (χ0n) is 11.8. The number of aromatic nitrogens is 2. The first-order chi connectivity index (χ1) is 10.2. The van der Waals surface area contributed by atoms with Gasteiger partial charge in [0.2, 0.25) is 0 Å². The molecule has 0 saturated heterocycles. The Kier molecular flexibility index (Phi) is 4.11. The highest BCUT2D eigenvalue weighted by atomic mass is 19.4. The minimum Gasteiger partial charge on any atom is -0.497 e. The van der Waals surface area contributed by atoms with Crippen LogP contribution in [0.4, 0.5) is 13.2 Å². The minimum absolute atomic E-state index is 0.117. The van der Waals surface area contributed by atoms with Crippen molar-refractivity contribution in [1.29, 1.82) is 0 Å². The van der Waals surface area contributed by atoms with Gasteiger partial charge in [-0.1, -0.05) is 12.1 Å². The first kappa shape index (κ1) is 15.9. The Morgan fingerprint density at radius 3 is 2.23 bits per heavy atom. The van der Waals surface area contributed by atoms with E-state index in [4.69, 9.17) is 4.74 Å². The molecule has 22 heavy (non-hydrogen) atoms. The molecule has 0 N–H and O–H groups in total. The molecule has 5 nitrogen and oxygen atoms in total. The molecule has 0 fully saturated rings. The number of hydrogen-bond donors (Lipinski definition) is 0. The van der Waals surface area contributed by atoms with Crippen LogP contribution in [0.25, 0.3) is 0 Å². The lowest BCUT2D eigenvalue weighted by molar-refractivity contribution is -0.144. The maximum Gasteiger partial charge on any atom is 0.431 e. The van der Waals surface area contributed by atoms with Gasteiger partial charge in [0.15, 0.2) is 0 Å². The van der Waals surface area contributed by atoms with Crippen molar-refractivity contribution in [2.45, 2.75) is 12.7 Å². The van der Waals surface area contributed by atoms with Gasteiger partial charge >= 0.3 is 11.9 Å². The van der Waals surface area contributed by atoms with Gasteiger partial charge in [0.25, 0.3) is 5.56 Å². The number of hydrogen-bond acceptors (Lipinski definition) is 3. The molecular formula is C14H13F3N2O3. The summed E-state index contributed by atoms with van der Waals surface area (Å²) in [4.78, 5) is 23.8. The van der Waals surface area contributed by atoms with Crippen molar-refractivity contribution in [2.75, 3.05) is 7.11 Å². The summed E-state index contributed by atoms with van der Waals surface area (Å²) in [6, 6.07) is 6.94. The second kappa shape index (κ2) is 5.70. The summed E-state index contributed by atoms with van der Waals surface area (Å²) in [5.74, 6) is 0.594. The number of nitrogens with zero attached hydrogens (tertiary/aromatic N) is 2. The number of methoxy groups -OCH3 is 1. The van der Waals surface area contributed by atoms with Crippen molar-refractivity contribution in [1.82, 2.24) is 9.13 Å². The van der Waals surface area contributed by atoms with Gasteiger partial charge in [-0.15, -0.1) is 0 Å². The zero-order chi connectivity index (χ0) is 16.5. The van der Waals surface area contributed by atoms with Crippen LogP contribution in [0.2, 0.25) is 0 Å². The Hall–Kier alpha value is -2.51. The molecule has 0 spiro atoms. The first-order valence-corrected chi connectivity index (χ1v) is 6.25. The van der Waals surface area contributed by atoms with Crippen molar-refractivity contribution in [3.8, 4) is 5.75 Å². The number of benzene rings is 1. The van der Waals surface area contributed by atoms with Gasteiger partial charge in [-0.2, -0.15) is 13.2 Å². The van der Waals surface area contributed by atoms with Crippen LogP contribution in [0.3, 0.4) is 0 Å². The van der Waals surface area contributed by atoms with Crippen molar-refractivity contribution in [3.63, 3.8) is 0 Å². The Labute approximate surface area is 123 Å². The fraction of sp³-hybridized carbons (Fsp3) is 0.286.